The summed E-state index contributed by atoms with van der Waals surface area (Å²) >= 11 is 0. The van der Waals surface area contributed by atoms with E-state index in [1.165, 1.54) is 7.11 Å². The normalized spacial score (nSPS) is 29.8. The van der Waals surface area contributed by atoms with Crippen molar-refractivity contribution in [2.45, 2.75) is 38.3 Å². The molecule has 12 heavy (non-hydrogen) atoms. The van der Waals surface area contributed by atoms with Crippen LogP contribution in [-0.2, 0) is 9.53 Å². The van der Waals surface area contributed by atoms with Gasteiger partial charge in [0.1, 0.15) is 6.17 Å². The predicted octanol–water partition coefficient (Wildman–Crippen LogP) is 2.08. The van der Waals surface area contributed by atoms with Crippen LogP contribution in [0.5, 0.6) is 0 Å². The Morgan fingerprint density at radius 3 is 2.75 bits per heavy atom. The minimum atomic E-state index is -0.794. The van der Waals surface area contributed by atoms with Crippen molar-refractivity contribution in [1.82, 2.24) is 0 Å². The van der Waals surface area contributed by atoms with Crippen LogP contribution >= 0.6 is 0 Å². The molecule has 1 aliphatic rings. The Balaban J connectivity index is 2.33. The molecule has 0 amide bonds. The van der Waals surface area contributed by atoms with Crippen molar-refractivity contribution in [1.29, 1.82) is 0 Å². The molecular formula is C9H15FO2. The fraction of sp³-hybridized carbons (Fsp3) is 0.889. The summed E-state index contributed by atoms with van der Waals surface area (Å²) in [5.41, 5.74) is 0. The number of carbonyl (C=O) groups is 1. The minimum absolute atomic E-state index is 0.0915. The third-order valence-electron chi connectivity index (χ3n) is 2.47. The standard InChI is InChI=1S/C9H15FO2/c1-12-9(11)6-7-4-2-3-5-8(7)10/h7-8H,2-6H2,1H3/t7-,8+/m0/s1. The van der Waals surface area contributed by atoms with Crippen LogP contribution in [0.4, 0.5) is 4.39 Å². The van der Waals surface area contributed by atoms with Gasteiger partial charge in [0.05, 0.1) is 13.5 Å². The van der Waals surface area contributed by atoms with E-state index >= 15 is 0 Å². The zero-order valence-corrected chi connectivity index (χ0v) is 7.38. The Labute approximate surface area is 72.1 Å². The average Bonchev–Trinajstić information content (AvgIpc) is 2.09. The summed E-state index contributed by atoms with van der Waals surface area (Å²) in [4.78, 5) is 10.8. The van der Waals surface area contributed by atoms with E-state index in [1.807, 2.05) is 0 Å². The van der Waals surface area contributed by atoms with Gasteiger partial charge in [-0.15, -0.1) is 0 Å². The molecule has 1 rings (SSSR count). The number of esters is 1. The van der Waals surface area contributed by atoms with Gasteiger partial charge in [-0.1, -0.05) is 12.8 Å². The summed E-state index contributed by atoms with van der Waals surface area (Å²) in [5, 5.41) is 0. The van der Waals surface area contributed by atoms with Crippen LogP contribution in [0.3, 0.4) is 0 Å². The molecule has 1 aliphatic carbocycles. The van der Waals surface area contributed by atoms with Crippen LogP contribution in [-0.4, -0.2) is 19.3 Å². The Bertz CT molecular complexity index is 159. The molecule has 0 unspecified atom stereocenters. The zero-order chi connectivity index (χ0) is 8.97. The van der Waals surface area contributed by atoms with Gasteiger partial charge in [-0.25, -0.2) is 4.39 Å². The third kappa shape index (κ3) is 2.47. The first-order valence-corrected chi connectivity index (χ1v) is 4.45. The number of methoxy groups -OCH3 is 1. The second-order valence-corrected chi connectivity index (χ2v) is 3.34. The minimum Gasteiger partial charge on any atom is -0.469 e. The van der Waals surface area contributed by atoms with E-state index in [9.17, 15) is 9.18 Å². The van der Waals surface area contributed by atoms with Crippen molar-refractivity contribution >= 4 is 5.97 Å². The molecule has 2 nitrogen and oxygen atoms in total. The summed E-state index contributed by atoms with van der Waals surface area (Å²) in [7, 11) is 1.35. The van der Waals surface area contributed by atoms with Crippen LogP contribution in [0.2, 0.25) is 0 Å². The number of carbonyl (C=O) groups excluding carboxylic acids is 1. The number of ether oxygens (including phenoxy) is 1. The van der Waals surface area contributed by atoms with Gasteiger partial charge in [-0.3, -0.25) is 4.79 Å². The van der Waals surface area contributed by atoms with Gasteiger partial charge in [0, 0.05) is 5.92 Å². The Kier molecular flexibility index (Phi) is 3.50. The first-order valence-electron chi connectivity index (χ1n) is 4.45. The van der Waals surface area contributed by atoms with E-state index in [-0.39, 0.29) is 18.3 Å². The van der Waals surface area contributed by atoms with Gasteiger partial charge in [-0.05, 0) is 12.8 Å². The topological polar surface area (TPSA) is 26.3 Å². The Morgan fingerprint density at radius 2 is 2.17 bits per heavy atom. The molecule has 0 aromatic rings. The van der Waals surface area contributed by atoms with Crippen LogP contribution in [0.1, 0.15) is 32.1 Å². The van der Waals surface area contributed by atoms with E-state index in [0.717, 1.165) is 19.3 Å². The smallest absolute Gasteiger partial charge is 0.305 e. The maximum atomic E-state index is 13.1. The molecule has 0 N–H and O–H groups in total. The van der Waals surface area contributed by atoms with E-state index in [1.54, 1.807) is 0 Å². The van der Waals surface area contributed by atoms with Gasteiger partial charge < -0.3 is 4.74 Å². The SMILES string of the molecule is COC(=O)C[C@@H]1CCCC[C@H]1F. The van der Waals surface area contributed by atoms with E-state index in [4.69, 9.17) is 0 Å². The van der Waals surface area contributed by atoms with Gasteiger partial charge in [-0.2, -0.15) is 0 Å². The molecule has 0 radical (unpaired) electrons. The van der Waals surface area contributed by atoms with Gasteiger partial charge in [0.25, 0.3) is 0 Å². The molecule has 3 heteroatoms. The van der Waals surface area contributed by atoms with Crippen molar-refractivity contribution in [3.05, 3.63) is 0 Å². The second kappa shape index (κ2) is 4.43. The fourth-order valence-electron chi connectivity index (χ4n) is 1.69. The summed E-state index contributed by atoms with van der Waals surface area (Å²) in [5.74, 6) is -0.379. The molecule has 0 heterocycles. The second-order valence-electron chi connectivity index (χ2n) is 3.34. The molecule has 2 atom stereocenters. The van der Waals surface area contributed by atoms with Crippen LogP contribution in [0, 0.1) is 5.92 Å². The molecule has 0 spiro atoms. The molecule has 0 bridgehead atoms. The van der Waals surface area contributed by atoms with Gasteiger partial charge in [0.2, 0.25) is 0 Å². The van der Waals surface area contributed by atoms with Crippen molar-refractivity contribution in [2.24, 2.45) is 5.92 Å². The Hall–Kier alpha value is -0.600. The van der Waals surface area contributed by atoms with Crippen LogP contribution in [0.15, 0.2) is 0 Å². The highest BCUT2D eigenvalue weighted by atomic mass is 19.1. The quantitative estimate of drug-likeness (QED) is 0.599. The number of halogens is 1. The van der Waals surface area contributed by atoms with Crippen molar-refractivity contribution in [3.63, 3.8) is 0 Å². The van der Waals surface area contributed by atoms with Crippen molar-refractivity contribution in [3.8, 4) is 0 Å². The number of hydrogen-bond acceptors (Lipinski definition) is 2. The molecule has 0 saturated heterocycles. The maximum absolute atomic E-state index is 13.1. The molecule has 1 fully saturated rings. The summed E-state index contributed by atoms with van der Waals surface area (Å²) < 4.78 is 17.6. The highest BCUT2D eigenvalue weighted by Crippen LogP contribution is 2.29. The summed E-state index contributed by atoms with van der Waals surface area (Å²) in [6.45, 7) is 0. The van der Waals surface area contributed by atoms with E-state index in [2.05, 4.69) is 4.74 Å². The van der Waals surface area contributed by atoms with Crippen molar-refractivity contribution in [2.75, 3.05) is 7.11 Å². The first kappa shape index (κ1) is 9.49. The van der Waals surface area contributed by atoms with Gasteiger partial charge in [0.15, 0.2) is 0 Å². The monoisotopic (exact) mass is 174 g/mol. The summed E-state index contributed by atoms with van der Waals surface area (Å²) in [6.07, 6.45) is 2.90. The molecule has 0 aliphatic heterocycles. The van der Waals surface area contributed by atoms with E-state index in [0.29, 0.717) is 6.42 Å². The zero-order valence-electron chi connectivity index (χ0n) is 7.38. The molecular weight excluding hydrogens is 159 g/mol. The largest absolute Gasteiger partial charge is 0.469 e. The molecule has 0 aromatic heterocycles. The van der Waals surface area contributed by atoms with Crippen LogP contribution in [0.25, 0.3) is 0 Å². The van der Waals surface area contributed by atoms with E-state index < -0.39 is 6.17 Å². The molecule has 0 aromatic carbocycles. The lowest BCUT2D eigenvalue weighted by molar-refractivity contribution is -0.142. The summed E-state index contributed by atoms with van der Waals surface area (Å²) in [6, 6.07) is 0. The Morgan fingerprint density at radius 1 is 1.50 bits per heavy atom. The lowest BCUT2D eigenvalue weighted by atomic mass is 9.85. The van der Waals surface area contributed by atoms with Gasteiger partial charge >= 0.3 is 5.97 Å². The molecule has 1 saturated carbocycles. The highest BCUT2D eigenvalue weighted by Gasteiger charge is 2.26. The number of hydrogen-bond donors (Lipinski definition) is 0. The highest BCUT2D eigenvalue weighted by molar-refractivity contribution is 5.69. The average molecular weight is 174 g/mol. The lowest BCUT2D eigenvalue weighted by Crippen LogP contribution is -2.23. The number of rotatable bonds is 2. The van der Waals surface area contributed by atoms with Crippen LogP contribution < -0.4 is 0 Å². The lowest BCUT2D eigenvalue weighted by Gasteiger charge is -2.24. The maximum Gasteiger partial charge on any atom is 0.305 e. The third-order valence-corrected chi connectivity index (χ3v) is 2.47. The number of alkyl halides is 1. The van der Waals surface area contributed by atoms with Crippen molar-refractivity contribution < 1.29 is 13.9 Å². The molecule has 70 valence electrons. The first-order chi connectivity index (χ1) is 5.74. The predicted molar refractivity (Wildman–Crippen MR) is 43.5 cm³/mol. The fourth-order valence-corrected chi connectivity index (χ4v) is 1.69.